The monoisotopic (exact) mass is 272 g/mol. The van der Waals surface area contributed by atoms with Crippen LogP contribution in [0.1, 0.15) is 32.0 Å². The highest BCUT2D eigenvalue weighted by Gasteiger charge is 2.21. The maximum atomic E-state index is 11.6. The molecule has 2 rings (SSSR count). The Morgan fingerprint density at radius 1 is 1.44 bits per heavy atom. The lowest BCUT2D eigenvalue weighted by atomic mass is 10.5. The second-order valence-electron chi connectivity index (χ2n) is 4.71. The van der Waals surface area contributed by atoms with Crippen molar-refractivity contribution in [3.63, 3.8) is 0 Å². The molecule has 0 spiro atoms. The van der Waals surface area contributed by atoms with Gasteiger partial charge in [0.2, 0.25) is 0 Å². The number of rotatable bonds is 8. The molecule has 1 N–H and O–H groups in total. The summed E-state index contributed by atoms with van der Waals surface area (Å²) in [7, 11) is -2.95. The third-order valence-electron chi connectivity index (χ3n) is 2.95. The van der Waals surface area contributed by atoms with Gasteiger partial charge < -0.3 is 5.32 Å². The molecule has 1 heterocycles. The topological polar surface area (TPSA) is 76.9 Å². The highest BCUT2D eigenvalue weighted by molar-refractivity contribution is 7.91. The molecule has 0 unspecified atom stereocenters. The normalized spacial score (nSPS) is 16.1. The van der Waals surface area contributed by atoms with Crippen molar-refractivity contribution in [1.82, 2.24) is 20.1 Å². The Labute approximate surface area is 108 Å². The molecule has 0 radical (unpaired) electrons. The van der Waals surface area contributed by atoms with Crippen molar-refractivity contribution in [2.45, 2.75) is 45.3 Å². The van der Waals surface area contributed by atoms with Crippen LogP contribution >= 0.6 is 0 Å². The van der Waals surface area contributed by atoms with Crippen molar-refractivity contribution in [1.29, 1.82) is 0 Å². The summed E-state index contributed by atoms with van der Waals surface area (Å²) in [6.45, 7) is 2.93. The first kappa shape index (κ1) is 13.5. The molecule has 1 aliphatic carbocycles. The molecule has 1 fully saturated rings. The third-order valence-corrected chi connectivity index (χ3v) is 4.79. The van der Waals surface area contributed by atoms with Crippen LogP contribution in [0.15, 0.2) is 6.33 Å². The van der Waals surface area contributed by atoms with Crippen LogP contribution in [0.25, 0.3) is 0 Å². The predicted molar refractivity (Wildman–Crippen MR) is 68.8 cm³/mol. The van der Waals surface area contributed by atoms with Crippen LogP contribution in [-0.4, -0.2) is 40.7 Å². The lowest BCUT2D eigenvalue weighted by Crippen LogP contribution is -2.22. The Bertz CT molecular complexity index is 479. The Balaban J connectivity index is 1.86. The molecule has 1 aromatic rings. The number of nitrogens with zero attached hydrogens (tertiary/aromatic N) is 3. The van der Waals surface area contributed by atoms with Gasteiger partial charge in [-0.25, -0.2) is 18.1 Å². The minimum absolute atomic E-state index is 0.140. The zero-order chi connectivity index (χ0) is 13.0. The van der Waals surface area contributed by atoms with Gasteiger partial charge in [0.1, 0.15) is 12.2 Å². The van der Waals surface area contributed by atoms with E-state index in [0.717, 1.165) is 5.82 Å². The second-order valence-corrected chi connectivity index (χ2v) is 7.01. The lowest BCUT2D eigenvalue weighted by molar-refractivity contribution is 0.554. The standard InChI is InChI=1S/C11H20N4O2S/c1-2-6-18(16,17)7-5-15-11(13-9-14-15)8-12-10-3-4-10/h9-10,12H,2-8H2,1H3. The summed E-state index contributed by atoms with van der Waals surface area (Å²) in [6, 6.07) is 0.610. The number of aromatic nitrogens is 3. The summed E-state index contributed by atoms with van der Waals surface area (Å²) in [5.74, 6) is 1.20. The van der Waals surface area contributed by atoms with E-state index < -0.39 is 9.84 Å². The Morgan fingerprint density at radius 3 is 2.89 bits per heavy atom. The minimum atomic E-state index is -2.95. The van der Waals surface area contributed by atoms with Gasteiger partial charge in [-0.15, -0.1) is 0 Å². The van der Waals surface area contributed by atoms with Crippen molar-refractivity contribution in [2.24, 2.45) is 0 Å². The smallest absolute Gasteiger partial charge is 0.152 e. The van der Waals surface area contributed by atoms with Crippen molar-refractivity contribution in [2.75, 3.05) is 11.5 Å². The summed E-state index contributed by atoms with van der Waals surface area (Å²) in [5.41, 5.74) is 0. The van der Waals surface area contributed by atoms with Crippen LogP contribution in [0.4, 0.5) is 0 Å². The summed E-state index contributed by atoms with van der Waals surface area (Å²) in [6.07, 6.45) is 4.59. The van der Waals surface area contributed by atoms with Gasteiger partial charge in [-0.2, -0.15) is 5.10 Å². The molecule has 1 aliphatic rings. The van der Waals surface area contributed by atoms with Gasteiger partial charge in [0.05, 0.1) is 18.8 Å². The van der Waals surface area contributed by atoms with Crippen LogP contribution in [0.3, 0.4) is 0 Å². The minimum Gasteiger partial charge on any atom is -0.307 e. The predicted octanol–water partition coefficient (Wildman–Crippen LogP) is 0.355. The van der Waals surface area contributed by atoms with Crippen molar-refractivity contribution < 1.29 is 8.42 Å². The molecule has 0 aliphatic heterocycles. The second kappa shape index (κ2) is 5.79. The van der Waals surface area contributed by atoms with E-state index in [1.807, 2.05) is 6.92 Å². The molecule has 102 valence electrons. The van der Waals surface area contributed by atoms with E-state index in [4.69, 9.17) is 0 Å². The zero-order valence-corrected chi connectivity index (χ0v) is 11.5. The molecule has 0 atom stereocenters. The van der Waals surface area contributed by atoms with Gasteiger partial charge in [0.15, 0.2) is 9.84 Å². The van der Waals surface area contributed by atoms with E-state index in [9.17, 15) is 8.42 Å². The number of nitrogens with one attached hydrogen (secondary N) is 1. The van der Waals surface area contributed by atoms with E-state index in [2.05, 4.69) is 15.4 Å². The van der Waals surface area contributed by atoms with Gasteiger partial charge in [-0.05, 0) is 19.3 Å². The molecular formula is C11H20N4O2S. The molecule has 0 aromatic carbocycles. The number of sulfone groups is 1. The van der Waals surface area contributed by atoms with E-state index in [1.54, 1.807) is 4.68 Å². The molecule has 7 heteroatoms. The third kappa shape index (κ3) is 4.06. The first-order chi connectivity index (χ1) is 8.61. The first-order valence-corrected chi connectivity index (χ1v) is 8.23. The molecule has 0 amide bonds. The van der Waals surface area contributed by atoms with Gasteiger partial charge >= 0.3 is 0 Å². The quantitative estimate of drug-likeness (QED) is 0.739. The molecule has 1 aromatic heterocycles. The highest BCUT2D eigenvalue weighted by atomic mass is 32.2. The van der Waals surface area contributed by atoms with Crippen molar-refractivity contribution in [3.8, 4) is 0 Å². The van der Waals surface area contributed by atoms with Crippen LogP contribution in [0, 0.1) is 0 Å². The van der Waals surface area contributed by atoms with E-state index in [-0.39, 0.29) is 11.5 Å². The maximum absolute atomic E-state index is 11.6. The molecule has 18 heavy (non-hydrogen) atoms. The maximum Gasteiger partial charge on any atom is 0.152 e. The van der Waals surface area contributed by atoms with E-state index in [1.165, 1.54) is 19.2 Å². The fraction of sp³-hybridized carbons (Fsp3) is 0.818. The first-order valence-electron chi connectivity index (χ1n) is 6.41. The zero-order valence-electron chi connectivity index (χ0n) is 10.7. The molecular weight excluding hydrogens is 252 g/mol. The number of aryl methyl sites for hydroxylation is 1. The number of hydrogen-bond donors (Lipinski definition) is 1. The van der Waals surface area contributed by atoms with Gasteiger partial charge in [0.25, 0.3) is 0 Å². The lowest BCUT2D eigenvalue weighted by Gasteiger charge is -2.07. The van der Waals surface area contributed by atoms with Crippen LogP contribution in [0.2, 0.25) is 0 Å². The van der Waals surface area contributed by atoms with E-state index >= 15 is 0 Å². The highest BCUT2D eigenvalue weighted by Crippen LogP contribution is 2.18. The average Bonchev–Trinajstić information content (AvgIpc) is 3.03. The SMILES string of the molecule is CCCS(=O)(=O)CCn1ncnc1CNC1CC1. The van der Waals surface area contributed by atoms with Gasteiger partial charge in [0, 0.05) is 11.8 Å². The summed E-state index contributed by atoms with van der Waals surface area (Å²) in [5, 5.41) is 7.43. The summed E-state index contributed by atoms with van der Waals surface area (Å²) < 4.78 is 25.0. The van der Waals surface area contributed by atoms with Crippen LogP contribution in [-0.2, 0) is 22.9 Å². The average molecular weight is 272 g/mol. The molecule has 1 saturated carbocycles. The summed E-state index contributed by atoms with van der Waals surface area (Å²) >= 11 is 0. The van der Waals surface area contributed by atoms with Crippen LogP contribution in [0.5, 0.6) is 0 Å². The Hall–Kier alpha value is -0.950. The number of hydrogen-bond acceptors (Lipinski definition) is 5. The van der Waals surface area contributed by atoms with Crippen LogP contribution < -0.4 is 5.32 Å². The molecule has 6 nitrogen and oxygen atoms in total. The molecule has 0 saturated heterocycles. The van der Waals surface area contributed by atoms with Gasteiger partial charge in [-0.1, -0.05) is 6.92 Å². The Morgan fingerprint density at radius 2 is 2.22 bits per heavy atom. The molecule has 0 bridgehead atoms. The Kier molecular flexibility index (Phi) is 4.34. The largest absolute Gasteiger partial charge is 0.307 e. The van der Waals surface area contributed by atoms with Crippen molar-refractivity contribution >= 4 is 9.84 Å². The summed E-state index contributed by atoms with van der Waals surface area (Å²) in [4.78, 5) is 4.16. The van der Waals surface area contributed by atoms with Gasteiger partial charge in [-0.3, -0.25) is 0 Å². The fourth-order valence-electron chi connectivity index (χ4n) is 1.77. The van der Waals surface area contributed by atoms with Crippen molar-refractivity contribution in [3.05, 3.63) is 12.2 Å². The fourth-order valence-corrected chi connectivity index (χ4v) is 3.05. The van der Waals surface area contributed by atoms with E-state index in [0.29, 0.717) is 25.6 Å².